The van der Waals surface area contributed by atoms with Crippen molar-refractivity contribution in [1.82, 2.24) is 5.43 Å². The van der Waals surface area contributed by atoms with Crippen LogP contribution in [-0.2, 0) is 4.79 Å². The summed E-state index contributed by atoms with van der Waals surface area (Å²) in [4.78, 5) is 24.3. The Kier molecular flexibility index (Phi) is 5.84. The van der Waals surface area contributed by atoms with Gasteiger partial charge in [-0.25, -0.2) is 5.43 Å². The Morgan fingerprint density at radius 2 is 1.81 bits per heavy atom. The van der Waals surface area contributed by atoms with Gasteiger partial charge in [0.15, 0.2) is 0 Å². The standard InChI is InChI=1S/C20H23N3O3/c1-14-7-12-18(26-14)13-21-23-20(25)16-8-10-17(11-9-16)22-19(24)15-5-3-2-4-6-15/h7-13,15H,2-6H2,1H3,(H,22,24)(H,23,25). The van der Waals surface area contributed by atoms with E-state index in [4.69, 9.17) is 4.42 Å². The topological polar surface area (TPSA) is 83.7 Å². The van der Waals surface area contributed by atoms with E-state index in [2.05, 4.69) is 15.8 Å². The van der Waals surface area contributed by atoms with Crippen molar-refractivity contribution in [3.8, 4) is 0 Å². The predicted molar refractivity (Wildman–Crippen MR) is 100 cm³/mol. The van der Waals surface area contributed by atoms with Crippen molar-refractivity contribution in [3.05, 3.63) is 53.5 Å². The zero-order valence-electron chi connectivity index (χ0n) is 14.8. The molecule has 2 N–H and O–H groups in total. The number of furan rings is 1. The second-order valence-corrected chi connectivity index (χ2v) is 6.55. The van der Waals surface area contributed by atoms with Crippen LogP contribution < -0.4 is 10.7 Å². The Balaban J connectivity index is 1.52. The van der Waals surface area contributed by atoms with Gasteiger partial charge in [-0.3, -0.25) is 9.59 Å². The van der Waals surface area contributed by atoms with Gasteiger partial charge >= 0.3 is 0 Å². The van der Waals surface area contributed by atoms with Crippen molar-refractivity contribution in [3.63, 3.8) is 0 Å². The lowest BCUT2D eigenvalue weighted by Gasteiger charge is -2.20. The minimum absolute atomic E-state index is 0.0697. The molecule has 0 aliphatic heterocycles. The summed E-state index contributed by atoms with van der Waals surface area (Å²) in [6.45, 7) is 1.84. The molecule has 1 aromatic carbocycles. The van der Waals surface area contributed by atoms with Crippen LogP contribution in [0.25, 0.3) is 0 Å². The van der Waals surface area contributed by atoms with Gasteiger partial charge in [-0.1, -0.05) is 19.3 Å². The molecule has 0 saturated heterocycles. The molecule has 0 atom stereocenters. The minimum Gasteiger partial charge on any atom is -0.460 e. The molecule has 0 spiro atoms. The highest BCUT2D eigenvalue weighted by Gasteiger charge is 2.21. The van der Waals surface area contributed by atoms with Crippen molar-refractivity contribution in [2.24, 2.45) is 11.0 Å². The van der Waals surface area contributed by atoms with Gasteiger partial charge in [-0.2, -0.15) is 5.10 Å². The Bertz CT molecular complexity index is 787. The van der Waals surface area contributed by atoms with E-state index < -0.39 is 0 Å². The fourth-order valence-electron chi connectivity index (χ4n) is 3.06. The normalized spacial score (nSPS) is 15.1. The molecule has 0 bridgehead atoms. The van der Waals surface area contributed by atoms with Crippen molar-refractivity contribution in [2.75, 3.05) is 5.32 Å². The quantitative estimate of drug-likeness (QED) is 0.632. The predicted octanol–water partition coefficient (Wildman–Crippen LogP) is 3.87. The number of rotatable bonds is 5. The van der Waals surface area contributed by atoms with Gasteiger partial charge in [0.05, 0.1) is 6.21 Å². The van der Waals surface area contributed by atoms with E-state index in [9.17, 15) is 9.59 Å². The van der Waals surface area contributed by atoms with Crippen molar-refractivity contribution in [1.29, 1.82) is 0 Å². The smallest absolute Gasteiger partial charge is 0.271 e. The van der Waals surface area contributed by atoms with Crippen LogP contribution in [-0.4, -0.2) is 18.0 Å². The first-order chi connectivity index (χ1) is 12.6. The monoisotopic (exact) mass is 353 g/mol. The summed E-state index contributed by atoms with van der Waals surface area (Å²) in [7, 11) is 0. The minimum atomic E-state index is -0.324. The molecule has 0 unspecified atom stereocenters. The highest BCUT2D eigenvalue weighted by atomic mass is 16.3. The fraction of sp³-hybridized carbons (Fsp3) is 0.350. The van der Waals surface area contributed by atoms with Crippen LogP contribution in [0.3, 0.4) is 0 Å². The first-order valence-corrected chi connectivity index (χ1v) is 8.92. The average Bonchev–Trinajstić information content (AvgIpc) is 3.08. The number of hydrogen-bond donors (Lipinski definition) is 2. The largest absolute Gasteiger partial charge is 0.460 e. The summed E-state index contributed by atoms with van der Waals surface area (Å²) in [6.07, 6.45) is 6.82. The molecule has 1 fully saturated rings. The number of carbonyl (C=O) groups excluding carboxylic acids is 2. The molecule has 2 aromatic rings. The zero-order chi connectivity index (χ0) is 18.4. The van der Waals surface area contributed by atoms with E-state index in [-0.39, 0.29) is 17.7 Å². The summed E-state index contributed by atoms with van der Waals surface area (Å²) in [5, 5.41) is 6.81. The maximum Gasteiger partial charge on any atom is 0.271 e. The van der Waals surface area contributed by atoms with E-state index >= 15 is 0 Å². The summed E-state index contributed by atoms with van der Waals surface area (Å²) in [6, 6.07) is 10.4. The molecule has 1 heterocycles. The SMILES string of the molecule is Cc1ccc(C=NNC(=O)c2ccc(NC(=O)C3CCCCC3)cc2)o1. The first kappa shape index (κ1) is 17.9. The number of aryl methyl sites for hydroxylation is 1. The first-order valence-electron chi connectivity index (χ1n) is 8.92. The van der Waals surface area contributed by atoms with Crippen LogP contribution >= 0.6 is 0 Å². The lowest BCUT2D eigenvalue weighted by atomic mass is 9.88. The van der Waals surface area contributed by atoms with Crippen LogP contribution in [0.1, 0.15) is 54.0 Å². The summed E-state index contributed by atoms with van der Waals surface area (Å²) in [5.41, 5.74) is 3.62. The molecular weight excluding hydrogens is 330 g/mol. The Hall–Kier alpha value is -2.89. The third-order valence-electron chi connectivity index (χ3n) is 4.51. The Morgan fingerprint density at radius 3 is 2.46 bits per heavy atom. The van der Waals surface area contributed by atoms with Crippen LogP contribution in [0.2, 0.25) is 0 Å². The summed E-state index contributed by atoms with van der Waals surface area (Å²) in [5.74, 6) is 1.20. The number of amides is 2. The number of nitrogens with one attached hydrogen (secondary N) is 2. The Labute approximate surface area is 152 Å². The number of hydrazone groups is 1. The number of anilines is 1. The second-order valence-electron chi connectivity index (χ2n) is 6.55. The lowest BCUT2D eigenvalue weighted by molar-refractivity contribution is -0.120. The molecule has 1 saturated carbocycles. The van der Waals surface area contributed by atoms with E-state index in [1.165, 1.54) is 12.6 Å². The molecule has 1 aromatic heterocycles. The molecule has 1 aliphatic rings. The molecule has 6 nitrogen and oxygen atoms in total. The van der Waals surface area contributed by atoms with Gasteiger partial charge in [-0.15, -0.1) is 0 Å². The highest BCUT2D eigenvalue weighted by molar-refractivity contribution is 5.96. The van der Waals surface area contributed by atoms with Gasteiger partial charge in [0.1, 0.15) is 11.5 Å². The summed E-state index contributed by atoms with van der Waals surface area (Å²) < 4.78 is 5.33. The third kappa shape index (κ3) is 4.81. The van der Waals surface area contributed by atoms with Crippen LogP contribution in [0, 0.1) is 12.8 Å². The molecule has 136 valence electrons. The molecule has 6 heteroatoms. The number of nitrogens with zero attached hydrogens (tertiary/aromatic N) is 1. The number of carbonyl (C=O) groups is 2. The number of hydrogen-bond acceptors (Lipinski definition) is 4. The zero-order valence-corrected chi connectivity index (χ0v) is 14.8. The van der Waals surface area contributed by atoms with Gasteiger partial charge in [-0.05, 0) is 56.2 Å². The molecule has 26 heavy (non-hydrogen) atoms. The molecule has 0 radical (unpaired) electrons. The molecular formula is C20H23N3O3. The highest BCUT2D eigenvalue weighted by Crippen LogP contribution is 2.25. The van der Waals surface area contributed by atoms with Gasteiger partial charge in [0, 0.05) is 17.2 Å². The van der Waals surface area contributed by atoms with E-state index in [0.717, 1.165) is 31.4 Å². The molecule has 1 aliphatic carbocycles. The van der Waals surface area contributed by atoms with Crippen molar-refractivity contribution < 1.29 is 14.0 Å². The fourth-order valence-corrected chi connectivity index (χ4v) is 3.06. The summed E-state index contributed by atoms with van der Waals surface area (Å²) >= 11 is 0. The maximum atomic E-state index is 12.2. The van der Waals surface area contributed by atoms with Gasteiger partial charge in [0.25, 0.3) is 5.91 Å². The third-order valence-corrected chi connectivity index (χ3v) is 4.51. The van der Waals surface area contributed by atoms with E-state index in [1.807, 2.05) is 13.0 Å². The maximum absolute atomic E-state index is 12.2. The number of benzene rings is 1. The Morgan fingerprint density at radius 1 is 1.08 bits per heavy atom. The van der Waals surface area contributed by atoms with Crippen molar-refractivity contribution >= 4 is 23.7 Å². The van der Waals surface area contributed by atoms with Crippen LogP contribution in [0.15, 0.2) is 45.9 Å². The average molecular weight is 353 g/mol. The van der Waals surface area contributed by atoms with Crippen LogP contribution in [0.5, 0.6) is 0 Å². The lowest BCUT2D eigenvalue weighted by Crippen LogP contribution is -2.24. The molecule has 3 rings (SSSR count). The van der Waals surface area contributed by atoms with Gasteiger partial charge < -0.3 is 9.73 Å². The van der Waals surface area contributed by atoms with E-state index in [0.29, 0.717) is 17.0 Å². The van der Waals surface area contributed by atoms with Crippen molar-refractivity contribution in [2.45, 2.75) is 39.0 Å². The van der Waals surface area contributed by atoms with E-state index in [1.54, 1.807) is 30.3 Å². The van der Waals surface area contributed by atoms with Gasteiger partial charge in [0.2, 0.25) is 5.91 Å². The molecule has 2 amide bonds. The second kappa shape index (κ2) is 8.47. The van der Waals surface area contributed by atoms with Crippen LogP contribution in [0.4, 0.5) is 5.69 Å².